The molecule has 0 radical (unpaired) electrons. The van der Waals surface area contributed by atoms with Crippen LogP contribution in [0.1, 0.15) is 36.0 Å². The zero-order chi connectivity index (χ0) is 16.8. The van der Waals surface area contributed by atoms with Crippen LogP contribution < -0.4 is 15.8 Å². The largest absolute Gasteiger partial charge is 0.496 e. The summed E-state index contributed by atoms with van der Waals surface area (Å²) in [5.74, 6) is -0.0919. The Labute approximate surface area is 136 Å². The van der Waals surface area contributed by atoms with Gasteiger partial charge in [0.1, 0.15) is 11.3 Å². The Bertz CT molecular complexity index is 574. The number of nitrogens with two attached hydrogens (primary N) is 1. The summed E-state index contributed by atoms with van der Waals surface area (Å²) >= 11 is 0. The van der Waals surface area contributed by atoms with Gasteiger partial charge in [-0.25, -0.2) is 0 Å². The highest BCUT2D eigenvalue weighted by Crippen LogP contribution is 2.31. The molecule has 1 saturated carbocycles. The second kappa shape index (κ2) is 7.85. The van der Waals surface area contributed by atoms with Crippen LogP contribution in [-0.4, -0.2) is 32.6 Å². The summed E-state index contributed by atoms with van der Waals surface area (Å²) < 4.78 is 10.1. The lowest BCUT2D eigenvalue weighted by Gasteiger charge is -2.29. The predicted octanol–water partition coefficient (Wildman–Crippen LogP) is 1.99. The van der Waals surface area contributed by atoms with Crippen LogP contribution in [0.4, 0.5) is 5.69 Å². The fraction of sp³-hybridized carbons (Fsp3) is 0.529. The van der Waals surface area contributed by atoms with E-state index in [0.717, 1.165) is 25.7 Å². The van der Waals surface area contributed by atoms with Gasteiger partial charge >= 0.3 is 5.97 Å². The molecule has 1 aromatic rings. The number of nitrogens with one attached hydrogen (secondary N) is 1. The molecule has 126 valence electrons. The number of esters is 1. The Hall–Kier alpha value is -2.24. The van der Waals surface area contributed by atoms with Gasteiger partial charge in [0.2, 0.25) is 0 Å². The van der Waals surface area contributed by atoms with Crippen molar-refractivity contribution >= 4 is 17.6 Å². The highest BCUT2D eigenvalue weighted by atomic mass is 16.5. The van der Waals surface area contributed by atoms with E-state index < -0.39 is 0 Å². The van der Waals surface area contributed by atoms with E-state index in [1.165, 1.54) is 14.2 Å². The molecule has 0 aliphatic heterocycles. The summed E-state index contributed by atoms with van der Waals surface area (Å²) in [5, 5.41) is 2.89. The third kappa shape index (κ3) is 3.94. The number of amides is 1. The molecule has 6 heteroatoms. The lowest BCUT2D eigenvalue weighted by atomic mass is 9.79. The van der Waals surface area contributed by atoms with Crippen molar-refractivity contribution in [1.29, 1.82) is 0 Å². The first-order chi connectivity index (χ1) is 11.1. The molecule has 0 bridgehead atoms. The molecule has 6 nitrogen and oxygen atoms in total. The number of carbonyl (C=O) groups is 2. The van der Waals surface area contributed by atoms with E-state index in [4.69, 9.17) is 15.2 Å². The predicted molar refractivity (Wildman–Crippen MR) is 87.2 cm³/mol. The number of ether oxygens (including phenoxy) is 2. The molecule has 2 rings (SSSR count). The lowest BCUT2D eigenvalue weighted by Crippen LogP contribution is -2.38. The van der Waals surface area contributed by atoms with Gasteiger partial charge in [0.15, 0.2) is 0 Å². The van der Waals surface area contributed by atoms with Crippen LogP contribution in [0.15, 0.2) is 18.2 Å². The quantitative estimate of drug-likeness (QED) is 0.639. The molecule has 1 aromatic carbocycles. The first-order valence-electron chi connectivity index (χ1n) is 7.87. The summed E-state index contributed by atoms with van der Waals surface area (Å²) in [6.45, 7) is 0.427. The van der Waals surface area contributed by atoms with Crippen molar-refractivity contribution in [3.8, 4) is 5.75 Å². The van der Waals surface area contributed by atoms with Gasteiger partial charge in [0, 0.05) is 12.2 Å². The maximum absolute atomic E-state index is 12.4. The van der Waals surface area contributed by atoms with Crippen LogP contribution >= 0.6 is 0 Å². The minimum absolute atomic E-state index is 0.0936. The first kappa shape index (κ1) is 17.1. The second-order valence-corrected chi connectivity index (χ2v) is 5.81. The molecule has 2 unspecified atom stereocenters. The van der Waals surface area contributed by atoms with E-state index in [9.17, 15) is 9.59 Å². The fourth-order valence-corrected chi connectivity index (χ4v) is 3.19. The van der Waals surface area contributed by atoms with E-state index in [1.807, 2.05) is 0 Å². The minimum Gasteiger partial charge on any atom is -0.496 e. The number of hydrogen-bond acceptors (Lipinski definition) is 5. The normalized spacial score (nSPS) is 20.6. The van der Waals surface area contributed by atoms with Crippen molar-refractivity contribution in [2.24, 2.45) is 11.8 Å². The van der Waals surface area contributed by atoms with Crippen molar-refractivity contribution < 1.29 is 19.1 Å². The van der Waals surface area contributed by atoms with E-state index in [0.29, 0.717) is 23.5 Å². The Morgan fingerprint density at radius 2 is 2.00 bits per heavy atom. The van der Waals surface area contributed by atoms with Gasteiger partial charge in [-0.05, 0) is 30.9 Å². The van der Waals surface area contributed by atoms with E-state index in [2.05, 4.69) is 5.32 Å². The fourth-order valence-electron chi connectivity index (χ4n) is 3.19. The smallest absolute Gasteiger partial charge is 0.309 e. The number of carbonyl (C=O) groups excluding carboxylic acids is 2. The number of methoxy groups -OCH3 is 2. The average Bonchev–Trinajstić information content (AvgIpc) is 2.58. The highest BCUT2D eigenvalue weighted by molar-refractivity contribution is 6.01. The molecule has 1 fully saturated rings. The minimum atomic E-state index is -0.283. The van der Waals surface area contributed by atoms with Crippen LogP contribution in [0.3, 0.4) is 0 Å². The Balaban J connectivity index is 2.05. The van der Waals surface area contributed by atoms with Crippen LogP contribution in [0, 0.1) is 11.8 Å². The van der Waals surface area contributed by atoms with Crippen molar-refractivity contribution in [3.63, 3.8) is 0 Å². The Morgan fingerprint density at radius 1 is 1.26 bits per heavy atom. The Morgan fingerprint density at radius 3 is 2.70 bits per heavy atom. The van der Waals surface area contributed by atoms with Crippen LogP contribution in [-0.2, 0) is 9.53 Å². The van der Waals surface area contributed by atoms with Crippen molar-refractivity contribution in [2.75, 3.05) is 26.5 Å². The van der Waals surface area contributed by atoms with Crippen molar-refractivity contribution in [3.05, 3.63) is 23.8 Å². The van der Waals surface area contributed by atoms with E-state index in [1.54, 1.807) is 18.2 Å². The van der Waals surface area contributed by atoms with E-state index >= 15 is 0 Å². The third-order valence-corrected chi connectivity index (χ3v) is 4.44. The first-order valence-corrected chi connectivity index (χ1v) is 7.87. The molecule has 0 heterocycles. The molecule has 2 atom stereocenters. The zero-order valence-corrected chi connectivity index (χ0v) is 13.6. The number of anilines is 1. The molecule has 1 aliphatic carbocycles. The van der Waals surface area contributed by atoms with Gasteiger partial charge in [-0.1, -0.05) is 18.9 Å². The summed E-state index contributed by atoms with van der Waals surface area (Å²) in [4.78, 5) is 24.3. The number of rotatable bonds is 5. The number of hydrogen-bond donors (Lipinski definition) is 2. The number of nitrogen functional groups attached to an aromatic ring is 1. The van der Waals surface area contributed by atoms with Gasteiger partial charge in [0.05, 0.1) is 20.1 Å². The van der Waals surface area contributed by atoms with Gasteiger partial charge in [0.25, 0.3) is 5.91 Å². The van der Waals surface area contributed by atoms with E-state index in [-0.39, 0.29) is 23.7 Å². The molecule has 0 aromatic heterocycles. The van der Waals surface area contributed by atoms with Crippen LogP contribution in [0.5, 0.6) is 5.75 Å². The maximum Gasteiger partial charge on any atom is 0.309 e. The third-order valence-electron chi connectivity index (χ3n) is 4.44. The molecule has 1 amide bonds. The molecule has 0 saturated heterocycles. The molecule has 0 spiro atoms. The second-order valence-electron chi connectivity index (χ2n) is 5.81. The van der Waals surface area contributed by atoms with Crippen molar-refractivity contribution in [1.82, 2.24) is 5.32 Å². The van der Waals surface area contributed by atoms with Crippen LogP contribution in [0.2, 0.25) is 0 Å². The summed E-state index contributed by atoms with van der Waals surface area (Å²) in [6.07, 6.45) is 3.79. The van der Waals surface area contributed by atoms with Crippen LogP contribution in [0.25, 0.3) is 0 Å². The SMILES string of the molecule is COC(=O)C1CCCCC1CNC(=O)c1c(N)cccc1OC. The highest BCUT2D eigenvalue weighted by Gasteiger charge is 2.32. The monoisotopic (exact) mass is 320 g/mol. The molecular formula is C17H24N2O4. The van der Waals surface area contributed by atoms with Gasteiger partial charge in [-0.15, -0.1) is 0 Å². The van der Waals surface area contributed by atoms with Crippen molar-refractivity contribution in [2.45, 2.75) is 25.7 Å². The maximum atomic E-state index is 12.4. The number of benzene rings is 1. The summed E-state index contributed by atoms with van der Waals surface area (Å²) in [6, 6.07) is 5.10. The molecule has 3 N–H and O–H groups in total. The van der Waals surface area contributed by atoms with Gasteiger partial charge in [-0.2, -0.15) is 0 Å². The zero-order valence-electron chi connectivity index (χ0n) is 13.6. The lowest BCUT2D eigenvalue weighted by molar-refractivity contribution is -0.148. The van der Waals surface area contributed by atoms with Gasteiger partial charge < -0.3 is 20.5 Å². The Kier molecular flexibility index (Phi) is 5.84. The topological polar surface area (TPSA) is 90.7 Å². The summed E-state index contributed by atoms with van der Waals surface area (Å²) in [5.41, 5.74) is 6.59. The summed E-state index contributed by atoms with van der Waals surface area (Å²) in [7, 11) is 2.90. The molecule has 23 heavy (non-hydrogen) atoms. The van der Waals surface area contributed by atoms with Gasteiger partial charge in [-0.3, -0.25) is 9.59 Å². The molecular weight excluding hydrogens is 296 g/mol. The molecule has 1 aliphatic rings. The average molecular weight is 320 g/mol. The standard InChI is InChI=1S/C17H24N2O4/c1-22-14-9-5-8-13(18)15(14)16(20)19-10-11-6-3-4-7-12(11)17(21)23-2/h5,8-9,11-12H,3-4,6-7,10,18H2,1-2H3,(H,19,20).